The predicted molar refractivity (Wildman–Crippen MR) is 112 cm³/mol. The molecule has 3 aromatic rings. The summed E-state index contributed by atoms with van der Waals surface area (Å²) in [6.45, 7) is 8.06. The Balaban J connectivity index is 1.65. The van der Waals surface area contributed by atoms with Gasteiger partial charge in [0, 0.05) is 16.0 Å². The highest BCUT2D eigenvalue weighted by Gasteiger charge is 2.12. The van der Waals surface area contributed by atoms with Crippen LogP contribution < -0.4 is 10.1 Å². The quantitative estimate of drug-likeness (QED) is 0.596. The van der Waals surface area contributed by atoms with Crippen molar-refractivity contribution in [3.63, 3.8) is 0 Å². The molecule has 27 heavy (non-hydrogen) atoms. The number of benzene rings is 2. The van der Waals surface area contributed by atoms with Gasteiger partial charge >= 0.3 is 0 Å². The monoisotopic (exact) mass is 400 g/mol. The van der Waals surface area contributed by atoms with E-state index in [2.05, 4.69) is 43.2 Å². The number of aryl methyl sites for hydroxylation is 4. The average molecular weight is 401 g/mol. The Kier molecular flexibility index (Phi) is 5.82. The number of anilines is 1. The molecule has 1 N–H and O–H groups in total. The molecule has 0 saturated carbocycles. The van der Waals surface area contributed by atoms with Crippen LogP contribution in [-0.2, 0) is 4.79 Å². The molecule has 4 nitrogen and oxygen atoms in total. The van der Waals surface area contributed by atoms with Gasteiger partial charge in [0.15, 0.2) is 11.7 Å². The fraction of sp³-hybridized carbons (Fsp3) is 0.238. The van der Waals surface area contributed by atoms with Crippen LogP contribution in [0.4, 0.5) is 5.13 Å². The molecule has 0 aliphatic carbocycles. The summed E-state index contributed by atoms with van der Waals surface area (Å²) in [6.07, 6.45) is 0. The minimum absolute atomic E-state index is 0.0833. The Morgan fingerprint density at radius 1 is 1.07 bits per heavy atom. The van der Waals surface area contributed by atoms with Crippen LogP contribution in [0.15, 0.2) is 35.7 Å². The average Bonchev–Trinajstić information content (AvgIpc) is 3.05. The minimum Gasteiger partial charge on any atom is -0.483 e. The maximum Gasteiger partial charge on any atom is 0.264 e. The van der Waals surface area contributed by atoms with Gasteiger partial charge in [-0.05, 0) is 74.2 Å². The third kappa shape index (κ3) is 4.67. The van der Waals surface area contributed by atoms with E-state index in [0.717, 1.165) is 16.8 Å². The Labute approximate surface area is 168 Å². The lowest BCUT2D eigenvalue weighted by molar-refractivity contribution is -0.118. The highest BCUT2D eigenvalue weighted by Crippen LogP contribution is 2.29. The number of nitrogens with zero attached hydrogens (tertiary/aromatic N) is 1. The van der Waals surface area contributed by atoms with Gasteiger partial charge in [-0.1, -0.05) is 17.7 Å². The first kappa shape index (κ1) is 19.4. The summed E-state index contributed by atoms with van der Waals surface area (Å²) in [5.41, 5.74) is 6.49. The van der Waals surface area contributed by atoms with Crippen LogP contribution in [0.25, 0.3) is 11.3 Å². The van der Waals surface area contributed by atoms with Gasteiger partial charge in [0.05, 0.1) is 5.69 Å². The molecule has 140 valence electrons. The summed E-state index contributed by atoms with van der Waals surface area (Å²) in [5, 5.41) is 5.95. The van der Waals surface area contributed by atoms with Crippen molar-refractivity contribution in [1.29, 1.82) is 0 Å². The van der Waals surface area contributed by atoms with E-state index in [1.54, 1.807) is 18.2 Å². The highest BCUT2D eigenvalue weighted by molar-refractivity contribution is 7.14. The van der Waals surface area contributed by atoms with Gasteiger partial charge in [0.25, 0.3) is 5.91 Å². The molecular formula is C21H21ClN2O2S. The molecule has 6 heteroatoms. The summed E-state index contributed by atoms with van der Waals surface area (Å²) in [4.78, 5) is 16.7. The van der Waals surface area contributed by atoms with E-state index in [0.29, 0.717) is 15.9 Å². The smallest absolute Gasteiger partial charge is 0.264 e. The van der Waals surface area contributed by atoms with Gasteiger partial charge in [-0.25, -0.2) is 4.98 Å². The zero-order valence-electron chi connectivity index (χ0n) is 15.7. The number of rotatable bonds is 5. The molecule has 0 aliphatic heterocycles. The fourth-order valence-corrected chi connectivity index (χ4v) is 3.72. The van der Waals surface area contributed by atoms with E-state index >= 15 is 0 Å². The molecule has 1 aromatic heterocycles. The number of ether oxygens (including phenoxy) is 1. The van der Waals surface area contributed by atoms with E-state index in [-0.39, 0.29) is 12.5 Å². The van der Waals surface area contributed by atoms with Gasteiger partial charge in [-0.2, -0.15) is 0 Å². The molecule has 0 aliphatic rings. The Bertz CT molecular complexity index is 998. The lowest BCUT2D eigenvalue weighted by atomic mass is 9.99. The number of nitrogens with one attached hydrogen (secondary N) is 1. The summed E-state index contributed by atoms with van der Waals surface area (Å²) < 4.78 is 5.57. The van der Waals surface area contributed by atoms with Crippen molar-refractivity contribution in [3.8, 4) is 17.0 Å². The van der Waals surface area contributed by atoms with Crippen molar-refractivity contribution < 1.29 is 9.53 Å². The SMILES string of the molecule is Cc1cc(C)c(-c2csc(NC(=O)COc3ccc(Cl)cc3C)n2)cc1C. The van der Waals surface area contributed by atoms with Crippen LogP contribution in [0.3, 0.4) is 0 Å². The standard InChI is InChI=1S/C21H21ClN2O2S/c1-12-7-14(3)17(9-13(12)2)18-11-27-21(23-18)24-20(25)10-26-19-6-5-16(22)8-15(19)4/h5-9,11H,10H2,1-4H3,(H,23,24,25). The topological polar surface area (TPSA) is 51.2 Å². The zero-order valence-corrected chi connectivity index (χ0v) is 17.3. The number of carbonyl (C=O) groups excluding carboxylic acids is 1. The minimum atomic E-state index is -0.248. The lowest BCUT2D eigenvalue weighted by Gasteiger charge is -2.09. The molecule has 1 amide bonds. The van der Waals surface area contributed by atoms with E-state index in [1.165, 1.54) is 28.0 Å². The Hall–Kier alpha value is -2.37. The molecule has 0 atom stereocenters. The maximum absolute atomic E-state index is 12.2. The Morgan fingerprint density at radius 2 is 1.81 bits per heavy atom. The summed E-state index contributed by atoms with van der Waals surface area (Å²) in [7, 11) is 0. The van der Waals surface area contributed by atoms with Crippen LogP contribution >= 0.6 is 22.9 Å². The van der Waals surface area contributed by atoms with E-state index in [9.17, 15) is 4.79 Å². The largest absolute Gasteiger partial charge is 0.483 e. The van der Waals surface area contributed by atoms with Gasteiger partial charge in [-0.3, -0.25) is 10.1 Å². The van der Waals surface area contributed by atoms with Gasteiger partial charge in [0.2, 0.25) is 0 Å². The van der Waals surface area contributed by atoms with Gasteiger partial charge < -0.3 is 4.74 Å². The maximum atomic E-state index is 12.2. The Morgan fingerprint density at radius 3 is 2.56 bits per heavy atom. The van der Waals surface area contributed by atoms with Crippen molar-refractivity contribution >= 4 is 34.0 Å². The van der Waals surface area contributed by atoms with Crippen molar-refractivity contribution in [2.45, 2.75) is 27.7 Å². The summed E-state index contributed by atoms with van der Waals surface area (Å²) in [5.74, 6) is 0.391. The molecule has 0 unspecified atom stereocenters. The lowest BCUT2D eigenvalue weighted by Crippen LogP contribution is -2.20. The molecule has 0 fully saturated rings. The van der Waals surface area contributed by atoms with Crippen LogP contribution in [0, 0.1) is 27.7 Å². The van der Waals surface area contributed by atoms with E-state index < -0.39 is 0 Å². The fourth-order valence-electron chi connectivity index (χ4n) is 2.76. The predicted octanol–water partition coefficient (Wildman–Crippen LogP) is 5.71. The van der Waals surface area contributed by atoms with Crippen LogP contribution in [0.2, 0.25) is 5.02 Å². The molecule has 3 rings (SSSR count). The van der Waals surface area contributed by atoms with Crippen molar-refractivity contribution in [1.82, 2.24) is 4.98 Å². The van der Waals surface area contributed by atoms with E-state index in [4.69, 9.17) is 16.3 Å². The number of halogens is 1. The third-order valence-electron chi connectivity index (χ3n) is 4.36. The van der Waals surface area contributed by atoms with Gasteiger partial charge in [0.1, 0.15) is 5.75 Å². The summed E-state index contributed by atoms with van der Waals surface area (Å²) >= 11 is 7.33. The van der Waals surface area contributed by atoms with Crippen molar-refractivity contribution in [2.24, 2.45) is 0 Å². The number of carbonyl (C=O) groups is 1. The first-order chi connectivity index (χ1) is 12.8. The zero-order chi connectivity index (χ0) is 19.6. The van der Waals surface area contributed by atoms with Crippen LogP contribution in [-0.4, -0.2) is 17.5 Å². The van der Waals surface area contributed by atoms with E-state index in [1.807, 2.05) is 12.3 Å². The molecule has 2 aromatic carbocycles. The molecular weight excluding hydrogens is 380 g/mol. The molecule has 0 spiro atoms. The molecule has 0 radical (unpaired) electrons. The second-order valence-corrected chi connectivity index (χ2v) is 7.83. The molecule has 1 heterocycles. The van der Waals surface area contributed by atoms with Crippen molar-refractivity contribution in [3.05, 3.63) is 63.0 Å². The first-order valence-electron chi connectivity index (χ1n) is 8.56. The van der Waals surface area contributed by atoms with Crippen LogP contribution in [0.1, 0.15) is 22.3 Å². The number of aromatic nitrogens is 1. The number of hydrogen-bond acceptors (Lipinski definition) is 4. The van der Waals surface area contributed by atoms with Crippen molar-refractivity contribution in [2.75, 3.05) is 11.9 Å². The highest BCUT2D eigenvalue weighted by atomic mass is 35.5. The first-order valence-corrected chi connectivity index (χ1v) is 9.82. The second-order valence-electron chi connectivity index (χ2n) is 6.54. The summed E-state index contributed by atoms with van der Waals surface area (Å²) in [6, 6.07) is 9.59. The molecule has 0 bridgehead atoms. The van der Waals surface area contributed by atoms with Crippen LogP contribution in [0.5, 0.6) is 5.75 Å². The number of hydrogen-bond donors (Lipinski definition) is 1. The second kappa shape index (κ2) is 8.11. The molecule has 0 saturated heterocycles. The normalized spacial score (nSPS) is 10.7. The number of amides is 1. The van der Waals surface area contributed by atoms with Gasteiger partial charge in [-0.15, -0.1) is 11.3 Å². The third-order valence-corrected chi connectivity index (χ3v) is 5.36. The number of thiazole rings is 1.